The van der Waals surface area contributed by atoms with E-state index in [0.29, 0.717) is 17.8 Å². The Morgan fingerprint density at radius 1 is 1.12 bits per heavy atom. The molecule has 0 bridgehead atoms. The Bertz CT molecular complexity index is 888. The van der Waals surface area contributed by atoms with Crippen LogP contribution in [0.5, 0.6) is 0 Å². The fourth-order valence-electron chi connectivity index (χ4n) is 2.99. The summed E-state index contributed by atoms with van der Waals surface area (Å²) in [7, 11) is 0. The standard InChI is InChI=1S/C17H18N6O/c24-17(14-10-18-12-6-3-4-7-13(12)20-14)19-11-16-22-21-15-8-2-1-5-9-23(15)16/h3-4,6-7,10H,1-2,5,8-9,11H2,(H,19,24). The summed E-state index contributed by atoms with van der Waals surface area (Å²) in [6.45, 7) is 1.27. The monoisotopic (exact) mass is 322 g/mol. The van der Waals surface area contributed by atoms with Crippen molar-refractivity contribution in [1.82, 2.24) is 30.0 Å². The van der Waals surface area contributed by atoms with Crippen LogP contribution in [0, 0.1) is 0 Å². The normalized spacial score (nSPS) is 14.2. The molecule has 0 radical (unpaired) electrons. The first kappa shape index (κ1) is 14.7. The predicted octanol–water partition coefficient (Wildman–Crippen LogP) is 1.88. The van der Waals surface area contributed by atoms with Gasteiger partial charge in [-0.3, -0.25) is 9.78 Å². The maximum atomic E-state index is 12.3. The molecule has 3 aromatic rings. The minimum atomic E-state index is -0.251. The fraction of sp³-hybridized carbons (Fsp3) is 0.353. The number of nitrogens with zero attached hydrogens (tertiary/aromatic N) is 5. The van der Waals surface area contributed by atoms with E-state index in [1.54, 1.807) is 0 Å². The Morgan fingerprint density at radius 3 is 2.92 bits per heavy atom. The third-order valence-corrected chi connectivity index (χ3v) is 4.27. The molecule has 7 heteroatoms. The number of aryl methyl sites for hydroxylation is 1. The van der Waals surface area contributed by atoms with E-state index in [4.69, 9.17) is 0 Å². The largest absolute Gasteiger partial charge is 0.343 e. The number of fused-ring (bicyclic) bond motifs is 2. The van der Waals surface area contributed by atoms with Gasteiger partial charge in [0.15, 0.2) is 5.82 Å². The molecule has 0 aliphatic carbocycles. The third-order valence-electron chi connectivity index (χ3n) is 4.27. The molecule has 1 amide bonds. The molecule has 7 nitrogen and oxygen atoms in total. The summed E-state index contributed by atoms with van der Waals surface area (Å²) in [5, 5.41) is 11.3. The van der Waals surface area contributed by atoms with E-state index in [1.807, 2.05) is 24.3 Å². The van der Waals surface area contributed by atoms with Gasteiger partial charge in [-0.1, -0.05) is 18.6 Å². The molecule has 122 valence electrons. The minimum absolute atomic E-state index is 0.251. The highest BCUT2D eigenvalue weighted by molar-refractivity contribution is 5.93. The SMILES string of the molecule is O=C(NCc1nnc2n1CCCCC2)c1cnc2ccccc2n1. The molecule has 0 unspecified atom stereocenters. The highest BCUT2D eigenvalue weighted by Crippen LogP contribution is 2.14. The zero-order valence-electron chi connectivity index (χ0n) is 13.3. The first-order chi connectivity index (χ1) is 11.8. The molecule has 24 heavy (non-hydrogen) atoms. The van der Waals surface area contributed by atoms with Crippen molar-refractivity contribution in [3.05, 3.63) is 47.8 Å². The van der Waals surface area contributed by atoms with Crippen LogP contribution < -0.4 is 5.32 Å². The van der Waals surface area contributed by atoms with E-state index in [0.717, 1.165) is 43.0 Å². The number of aromatic nitrogens is 5. The number of carbonyl (C=O) groups excluding carboxylic acids is 1. The second-order valence-electron chi connectivity index (χ2n) is 5.92. The third kappa shape index (κ3) is 2.84. The lowest BCUT2D eigenvalue weighted by Gasteiger charge is -2.08. The van der Waals surface area contributed by atoms with Crippen LogP contribution in [0.3, 0.4) is 0 Å². The molecular formula is C17H18N6O. The lowest BCUT2D eigenvalue weighted by Crippen LogP contribution is -2.26. The molecule has 0 fully saturated rings. The van der Waals surface area contributed by atoms with Crippen LogP contribution in [0.2, 0.25) is 0 Å². The summed E-state index contributed by atoms with van der Waals surface area (Å²) in [5.41, 5.74) is 1.79. The average molecular weight is 322 g/mol. The summed E-state index contributed by atoms with van der Waals surface area (Å²) >= 11 is 0. The van der Waals surface area contributed by atoms with Gasteiger partial charge in [0.1, 0.15) is 11.5 Å². The van der Waals surface area contributed by atoms with E-state index in [2.05, 4.69) is 30.0 Å². The van der Waals surface area contributed by atoms with Crippen molar-refractivity contribution in [3.8, 4) is 0 Å². The summed E-state index contributed by atoms with van der Waals surface area (Å²) < 4.78 is 2.12. The number of para-hydroxylation sites is 2. The van der Waals surface area contributed by atoms with Crippen LogP contribution in [0.1, 0.15) is 41.4 Å². The molecule has 0 saturated carbocycles. The number of carbonyl (C=O) groups is 1. The summed E-state index contributed by atoms with van der Waals surface area (Å²) in [5.74, 6) is 1.57. The lowest BCUT2D eigenvalue weighted by molar-refractivity contribution is 0.0944. The first-order valence-corrected chi connectivity index (χ1v) is 8.22. The number of benzene rings is 1. The Kier molecular flexibility index (Phi) is 3.90. The number of nitrogens with one attached hydrogen (secondary N) is 1. The van der Waals surface area contributed by atoms with Crippen molar-refractivity contribution in [1.29, 1.82) is 0 Å². The van der Waals surface area contributed by atoms with Gasteiger partial charge >= 0.3 is 0 Å². The van der Waals surface area contributed by atoms with Crippen LogP contribution >= 0.6 is 0 Å². The van der Waals surface area contributed by atoms with Gasteiger partial charge in [-0.25, -0.2) is 4.98 Å². The molecule has 3 heterocycles. The molecule has 0 atom stereocenters. The zero-order valence-corrected chi connectivity index (χ0v) is 13.3. The van der Waals surface area contributed by atoms with Crippen molar-refractivity contribution in [2.24, 2.45) is 0 Å². The van der Waals surface area contributed by atoms with Gasteiger partial charge < -0.3 is 9.88 Å². The molecule has 1 N–H and O–H groups in total. The Labute approximate surface area is 139 Å². The molecule has 4 rings (SSSR count). The molecule has 2 aromatic heterocycles. The minimum Gasteiger partial charge on any atom is -0.343 e. The van der Waals surface area contributed by atoms with Crippen molar-refractivity contribution in [2.45, 2.75) is 38.8 Å². The van der Waals surface area contributed by atoms with Crippen molar-refractivity contribution in [3.63, 3.8) is 0 Å². The van der Waals surface area contributed by atoms with Gasteiger partial charge in [-0.05, 0) is 25.0 Å². The zero-order chi connectivity index (χ0) is 16.4. The van der Waals surface area contributed by atoms with Crippen LogP contribution in [0.15, 0.2) is 30.5 Å². The van der Waals surface area contributed by atoms with Gasteiger partial charge in [0.25, 0.3) is 5.91 Å². The van der Waals surface area contributed by atoms with Crippen LogP contribution in [0.4, 0.5) is 0 Å². The fourth-order valence-corrected chi connectivity index (χ4v) is 2.99. The summed E-state index contributed by atoms with van der Waals surface area (Å²) in [6, 6.07) is 7.49. The maximum absolute atomic E-state index is 12.3. The predicted molar refractivity (Wildman–Crippen MR) is 88.3 cm³/mol. The Hall–Kier alpha value is -2.83. The lowest BCUT2D eigenvalue weighted by atomic mass is 10.2. The van der Waals surface area contributed by atoms with E-state index in [-0.39, 0.29) is 5.91 Å². The van der Waals surface area contributed by atoms with Crippen molar-refractivity contribution >= 4 is 16.9 Å². The molecule has 1 aromatic carbocycles. The quantitative estimate of drug-likeness (QED) is 0.795. The first-order valence-electron chi connectivity index (χ1n) is 8.22. The van der Waals surface area contributed by atoms with E-state index >= 15 is 0 Å². The number of rotatable bonds is 3. The van der Waals surface area contributed by atoms with Crippen LogP contribution in [-0.4, -0.2) is 30.6 Å². The van der Waals surface area contributed by atoms with Gasteiger partial charge in [0.2, 0.25) is 0 Å². The number of hydrogen-bond acceptors (Lipinski definition) is 5. The van der Waals surface area contributed by atoms with Crippen molar-refractivity contribution in [2.75, 3.05) is 0 Å². The highest BCUT2D eigenvalue weighted by atomic mass is 16.1. The smallest absolute Gasteiger partial charge is 0.271 e. The molecule has 0 saturated heterocycles. The highest BCUT2D eigenvalue weighted by Gasteiger charge is 2.16. The Balaban J connectivity index is 1.49. The van der Waals surface area contributed by atoms with Gasteiger partial charge in [-0.15, -0.1) is 10.2 Å². The number of hydrogen-bond donors (Lipinski definition) is 1. The Morgan fingerprint density at radius 2 is 2.00 bits per heavy atom. The molecule has 0 spiro atoms. The second kappa shape index (κ2) is 6.35. The molecule has 1 aliphatic heterocycles. The second-order valence-corrected chi connectivity index (χ2v) is 5.92. The summed E-state index contributed by atoms with van der Waals surface area (Å²) in [6.07, 6.45) is 5.94. The van der Waals surface area contributed by atoms with E-state index < -0.39 is 0 Å². The van der Waals surface area contributed by atoms with Gasteiger partial charge in [0, 0.05) is 13.0 Å². The van der Waals surface area contributed by atoms with Crippen molar-refractivity contribution < 1.29 is 4.79 Å². The van der Waals surface area contributed by atoms with E-state index in [9.17, 15) is 4.79 Å². The molecular weight excluding hydrogens is 304 g/mol. The van der Waals surface area contributed by atoms with Gasteiger partial charge in [-0.2, -0.15) is 0 Å². The maximum Gasteiger partial charge on any atom is 0.271 e. The summed E-state index contributed by atoms with van der Waals surface area (Å²) in [4.78, 5) is 21.0. The van der Waals surface area contributed by atoms with E-state index in [1.165, 1.54) is 12.6 Å². The van der Waals surface area contributed by atoms with Crippen LogP contribution in [0.25, 0.3) is 11.0 Å². The molecule has 1 aliphatic rings. The number of amides is 1. The van der Waals surface area contributed by atoms with Crippen LogP contribution in [-0.2, 0) is 19.5 Å². The van der Waals surface area contributed by atoms with Gasteiger partial charge in [0.05, 0.1) is 23.8 Å². The topological polar surface area (TPSA) is 85.6 Å². The average Bonchev–Trinajstić information content (AvgIpc) is 2.85.